The van der Waals surface area contributed by atoms with Crippen LogP contribution in [0.15, 0.2) is 36.9 Å². The first-order valence-corrected chi connectivity index (χ1v) is 10.4. The van der Waals surface area contributed by atoms with E-state index in [0.29, 0.717) is 57.4 Å². The minimum absolute atomic E-state index is 0.0226. The van der Waals surface area contributed by atoms with Crippen LogP contribution in [0.25, 0.3) is 6.08 Å². The number of carbonyl (C=O) groups is 2. The Hall–Kier alpha value is -2.80. The van der Waals surface area contributed by atoms with Crippen LogP contribution in [0.5, 0.6) is 11.5 Å². The summed E-state index contributed by atoms with van der Waals surface area (Å²) >= 11 is 0. The second-order valence-electron chi connectivity index (χ2n) is 7.14. The van der Waals surface area contributed by atoms with Crippen molar-refractivity contribution in [2.45, 2.75) is 19.8 Å². The van der Waals surface area contributed by atoms with E-state index in [9.17, 15) is 9.59 Å². The Morgan fingerprint density at radius 2 is 1.97 bits per heavy atom. The molecule has 7 heteroatoms. The van der Waals surface area contributed by atoms with E-state index in [-0.39, 0.29) is 11.8 Å². The highest BCUT2D eigenvalue weighted by Gasteiger charge is 2.21. The Balaban J connectivity index is 1.84. The minimum atomic E-state index is -0.0343. The van der Waals surface area contributed by atoms with Crippen LogP contribution in [0, 0.1) is 0 Å². The number of hydrogen-bond donors (Lipinski definition) is 1. The van der Waals surface area contributed by atoms with Gasteiger partial charge in [0.25, 0.3) is 0 Å². The molecule has 1 aromatic rings. The van der Waals surface area contributed by atoms with Gasteiger partial charge < -0.3 is 19.7 Å². The summed E-state index contributed by atoms with van der Waals surface area (Å²) in [7, 11) is 1.61. The molecule has 0 spiro atoms. The monoisotopic (exact) mass is 415 g/mol. The molecule has 0 radical (unpaired) electrons. The van der Waals surface area contributed by atoms with Gasteiger partial charge >= 0.3 is 0 Å². The van der Waals surface area contributed by atoms with E-state index < -0.39 is 0 Å². The standard InChI is InChI=1S/C23H33N3O4/c1-4-6-16-30-20-9-7-19(17-21(20)29-3)8-10-23(28)26-14-12-25(13-15-26)18-22(27)24-11-5-2/h5,7-10,17H,2,4,6,11-16,18H2,1,3H3,(H,24,27). The number of benzene rings is 1. The molecule has 1 saturated heterocycles. The van der Waals surface area contributed by atoms with E-state index in [4.69, 9.17) is 9.47 Å². The fourth-order valence-corrected chi connectivity index (χ4v) is 3.08. The highest BCUT2D eigenvalue weighted by Crippen LogP contribution is 2.28. The van der Waals surface area contributed by atoms with Crippen molar-refractivity contribution in [3.63, 3.8) is 0 Å². The zero-order valence-corrected chi connectivity index (χ0v) is 18.1. The Labute approximate surface area is 179 Å². The minimum Gasteiger partial charge on any atom is -0.493 e. The molecule has 0 saturated carbocycles. The lowest BCUT2D eigenvalue weighted by atomic mass is 10.1. The number of nitrogens with zero attached hydrogens (tertiary/aromatic N) is 2. The average Bonchev–Trinajstić information content (AvgIpc) is 2.77. The summed E-state index contributed by atoms with van der Waals surface area (Å²) < 4.78 is 11.2. The first-order chi connectivity index (χ1) is 14.6. The predicted octanol–water partition coefficient (Wildman–Crippen LogP) is 2.33. The molecule has 1 aromatic carbocycles. The van der Waals surface area contributed by atoms with Gasteiger partial charge in [-0.2, -0.15) is 0 Å². The van der Waals surface area contributed by atoms with Crippen LogP contribution in [0.1, 0.15) is 25.3 Å². The predicted molar refractivity (Wildman–Crippen MR) is 119 cm³/mol. The highest BCUT2D eigenvalue weighted by atomic mass is 16.5. The number of hydrogen-bond acceptors (Lipinski definition) is 5. The number of amides is 2. The summed E-state index contributed by atoms with van der Waals surface area (Å²) in [6, 6.07) is 5.65. The van der Waals surface area contributed by atoms with Crippen LogP contribution in [0.3, 0.4) is 0 Å². The molecular formula is C23H33N3O4. The van der Waals surface area contributed by atoms with Crippen molar-refractivity contribution < 1.29 is 19.1 Å². The van der Waals surface area contributed by atoms with Crippen molar-refractivity contribution in [3.8, 4) is 11.5 Å². The molecule has 1 N–H and O–H groups in total. The molecule has 0 bridgehead atoms. The third-order valence-electron chi connectivity index (χ3n) is 4.86. The van der Waals surface area contributed by atoms with Crippen molar-refractivity contribution in [1.82, 2.24) is 15.1 Å². The number of carbonyl (C=O) groups excluding carboxylic acids is 2. The lowest BCUT2D eigenvalue weighted by molar-refractivity contribution is -0.128. The van der Waals surface area contributed by atoms with Crippen LogP contribution in [-0.4, -0.2) is 74.6 Å². The molecule has 0 aliphatic carbocycles. The van der Waals surface area contributed by atoms with Crippen molar-refractivity contribution in [1.29, 1.82) is 0 Å². The van der Waals surface area contributed by atoms with E-state index in [1.54, 1.807) is 30.2 Å². The maximum atomic E-state index is 12.5. The second-order valence-corrected chi connectivity index (χ2v) is 7.14. The largest absolute Gasteiger partial charge is 0.493 e. The summed E-state index contributed by atoms with van der Waals surface area (Å²) in [6.07, 6.45) is 7.09. The van der Waals surface area contributed by atoms with E-state index in [1.807, 2.05) is 23.1 Å². The van der Waals surface area contributed by atoms with E-state index in [0.717, 1.165) is 18.4 Å². The molecule has 1 aliphatic heterocycles. The average molecular weight is 416 g/mol. The summed E-state index contributed by atoms with van der Waals surface area (Å²) in [5.41, 5.74) is 0.876. The van der Waals surface area contributed by atoms with Gasteiger partial charge in [0.15, 0.2) is 11.5 Å². The van der Waals surface area contributed by atoms with Gasteiger partial charge in [0.1, 0.15) is 0 Å². The molecule has 7 nitrogen and oxygen atoms in total. The first kappa shape index (κ1) is 23.5. The Kier molecular flexibility index (Phi) is 9.94. The number of nitrogens with one attached hydrogen (secondary N) is 1. The van der Waals surface area contributed by atoms with Gasteiger partial charge in [-0.15, -0.1) is 6.58 Å². The molecule has 30 heavy (non-hydrogen) atoms. The number of rotatable bonds is 11. The molecular weight excluding hydrogens is 382 g/mol. The fourth-order valence-electron chi connectivity index (χ4n) is 3.08. The zero-order chi connectivity index (χ0) is 21.8. The topological polar surface area (TPSA) is 71.1 Å². The lowest BCUT2D eigenvalue weighted by Crippen LogP contribution is -2.50. The molecule has 2 amide bonds. The smallest absolute Gasteiger partial charge is 0.246 e. The van der Waals surface area contributed by atoms with Gasteiger partial charge in [0, 0.05) is 38.8 Å². The van der Waals surface area contributed by atoms with Gasteiger partial charge in [-0.25, -0.2) is 0 Å². The molecule has 1 fully saturated rings. The van der Waals surface area contributed by atoms with Crippen LogP contribution >= 0.6 is 0 Å². The summed E-state index contributed by atoms with van der Waals surface area (Å²) in [5, 5.41) is 2.77. The van der Waals surface area contributed by atoms with Crippen molar-refractivity contribution in [2.24, 2.45) is 0 Å². The number of methoxy groups -OCH3 is 1. The first-order valence-electron chi connectivity index (χ1n) is 10.4. The van der Waals surface area contributed by atoms with Gasteiger partial charge in [0.2, 0.25) is 11.8 Å². The molecule has 0 unspecified atom stereocenters. The molecule has 2 rings (SSSR count). The molecule has 1 heterocycles. The summed E-state index contributed by atoms with van der Waals surface area (Å²) in [4.78, 5) is 28.1. The van der Waals surface area contributed by atoms with Gasteiger partial charge in [-0.05, 0) is 30.2 Å². The van der Waals surface area contributed by atoms with Crippen molar-refractivity contribution >= 4 is 17.9 Å². The van der Waals surface area contributed by atoms with Gasteiger partial charge in [0.05, 0.1) is 20.3 Å². The third-order valence-corrected chi connectivity index (χ3v) is 4.86. The quantitative estimate of drug-likeness (QED) is 0.341. The van der Waals surface area contributed by atoms with Crippen molar-refractivity contribution in [3.05, 3.63) is 42.5 Å². The molecule has 164 valence electrons. The lowest BCUT2D eigenvalue weighted by Gasteiger charge is -2.33. The Bertz CT molecular complexity index is 740. The van der Waals surface area contributed by atoms with E-state index >= 15 is 0 Å². The number of piperazine rings is 1. The maximum absolute atomic E-state index is 12.5. The normalized spacial score (nSPS) is 14.5. The number of ether oxygens (including phenoxy) is 2. The Morgan fingerprint density at radius 1 is 1.20 bits per heavy atom. The molecule has 0 aromatic heterocycles. The van der Waals surface area contributed by atoms with Crippen LogP contribution < -0.4 is 14.8 Å². The van der Waals surface area contributed by atoms with Crippen LogP contribution in [0.2, 0.25) is 0 Å². The van der Waals surface area contributed by atoms with Crippen LogP contribution in [0.4, 0.5) is 0 Å². The van der Waals surface area contributed by atoms with Gasteiger partial charge in [-0.1, -0.05) is 25.5 Å². The fraction of sp³-hybridized carbons (Fsp3) is 0.478. The molecule has 1 aliphatic rings. The maximum Gasteiger partial charge on any atom is 0.246 e. The summed E-state index contributed by atoms with van der Waals surface area (Å²) in [6.45, 7) is 9.74. The van der Waals surface area contributed by atoms with Gasteiger partial charge in [-0.3, -0.25) is 14.5 Å². The van der Waals surface area contributed by atoms with E-state index in [1.165, 1.54) is 0 Å². The second kappa shape index (κ2) is 12.7. The SMILES string of the molecule is C=CCNC(=O)CN1CCN(C(=O)C=Cc2ccc(OCCCC)c(OC)c2)CC1. The van der Waals surface area contributed by atoms with Crippen LogP contribution in [-0.2, 0) is 9.59 Å². The summed E-state index contributed by atoms with van der Waals surface area (Å²) in [5.74, 6) is 1.31. The van der Waals surface area contributed by atoms with E-state index in [2.05, 4.69) is 18.8 Å². The third kappa shape index (κ3) is 7.55. The number of unbranched alkanes of at least 4 members (excludes halogenated alkanes) is 1. The molecule has 0 atom stereocenters. The van der Waals surface area contributed by atoms with Crippen molar-refractivity contribution in [2.75, 3.05) is 53.0 Å². The Morgan fingerprint density at radius 3 is 2.63 bits per heavy atom. The highest BCUT2D eigenvalue weighted by molar-refractivity contribution is 5.92. The zero-order valence-electron chi connectivity index (χ0n) is 18.1.